The lowest BCUT2D eigenvalue weighted by Crippen LogP contribution is -2.66. The van der Waals surface area contributed by atoms with Crippen LogP contribution in [0, 0.1) is 23.2 Å². The predicted octanol–water partition coefficient (Wildman–Crippen LogP) is 10.1. The van der Waals surface area contributed by atoms with Crippen molar-refractivity contribution in [3.63, 3.8) is 0 Å². The Morgan fingerprint density at radius 3 is 2.20 bits per heavy atom. The zero-order chi connectivity index (χ0) is 36.8. The van der Waals surface area contributed by atoms with Crippen LogP contribution in [0.1, 0.15) is 94.6 Å². The van der Waals surface area contributed by atoms with Crippen molar-refractivity contribution in [2.24, 2.45) is 23.2 Å². The molecule has 0 heterocycles. The molecule has 0 amide bonds. The lowest BCUT2D eigenvalue weighted by Gasteiger charge is -2.52. The van der Waals surface area contributed by atoms with Gasteiger partial charge < -0.3 is 10.0 Å². The van der Waals surface area contributed by atoms with Crippen molar-refractivity contribution in [1.82, 2.24) is 4.90 Å². The van der Waals surface area contributed by atoms with E-state index >= 15 is 4.39 Å². The van der Waals surface area contributed by atoms with Crippen LogP contribution >= 0.6 is 0 Å². The van der Waals surface area contributed by atoms with Crippen LogP contribution in [-0.2, 0) is 11.2 Å². The van der Waals surface area contributed by atoms with E-state index in [1.54, 1.807) is 24.1 Å². The number of halogens is 12. The molecule has 6 atom stereocenters. The summed E-state index contributed by atoms with van der Waals surface area (Å²) in [6.07, 6.45) is -6.91. The molecule has 3 aliphatic rings. The maximum absolute atomic E-state index is 15.5. The first-order valence-corrected chi connectivity index (χ1v) is 16.7. The van der Waals surface area contributed by atoms with E-state index in [0.29, 0.717) is 25.8 Å². The summed E-state index contributed by atoms with van der Waals surface area (Å²) < 4.78 is 160. The van der Waals surface area contributed by atoms with Crippen molar-refractivity contribution in [1.29, 1.82) is 0 Å². The lowest BCUT2D eigenvalue weighted by molar-refractivity contribution is -0.422. The van der Waals surface area contributed by atoms with Crippen LogP contribution in [-0.4, -0.2) is 72.0 Å². The van der Waals surface area contributed by atoms with Gasteiger partial charge in [0, 0.05) is 18.3 Å². The second-order valence-corrected chi connectivity index (χ2v) is 14.6. The lowest BCUT2D eigenvalue weighted by atomic mass is 9.52. The van der Waals surface area contributed by atoms with Gasteiger partial charge in [-0.1, -0.05) is 19.4 Å². The minimum absolute atomic E-state index is 0.0206. The molecule has 0 aliphatic heterocycles. The van der Waals surface area contributed by atoms with Crippen molar-refractivity contribution >= 4 is 5.78 Å². The molecule has 0 bridgehead atoms. The first kappa shape index (κ1) is 39.6. The highest BCUT2D eigenvalue weighted by molar-refractivity contribution is 5.87. The average molecular weight is 726 g/mol. The fourth-order valence-electron chi connectivity index (χ4n) is 8.59. The molecule has 280 valence electrons. The van der Waals surface area contributed by atoms with Crippen LogP contribution in [0.5, 0.6) is 5.75 Å². The van der Waals surface area contributed by atoms with Crippen LogP contribution in [0.4, 0.5) is 52.7 Å². The number of Topliss-reactive ketones (excluding diaryl/α,β-unsaturated/α-hetero) is 1. The summed E-state index contributed by atoms with van der Waals surface area (Å²) in [5.41, 5.74) is 1.75. The van der Waals surface area contributed by atoms with E-state index < -0.39 is 54.3 Å². The van der Waals surface area contributed by atoms with Crippen LogP contribution in [0.2, 0.25) is 0 Å². The molecular formula is C34H43F12NO2. The number of hydrogen-bond donors (Lipinski definition) is 1. The monoisotopic (exact) mass is 725 g/mol. The largest absolute Gasteiger partial charge is 0.508 e. The SMILES string of the molecule is CN(CCCCCC(F)(F)C(F)(F)C(F)(F)C(F)(F)C(F)(F)F)CCCC(F)C[C@@H]1Cc2cc(O)ccc2[C@H]2CC[C@]3(C)C(=O)CC[C@H]3[C@H]12. The molecule has 49 heavy (non-hydrogen) atoms. The Balaban J connectivity index is 1.23. The van der Waals surface area contributed by atoms with Gasteiger partial charge in [-0.25, -0.2) is 4.39 Å². The van der Waals surface area contributed by atoms with Gasteiger partial charge in [0.1, 0.15) is 17.7 Å². The maximum atomic E-state index is 15.5. The third kappa shape index (κ3) is 7.43. The van der Waals surface area contributed by atoms with E-state index in [2.05, 4.69) is 0 Å². The van der Waals surface area contributed by atoms with Crippen molar-refractivity contribution in [3.05, 3.63) is 29.3 Å². The molecule has 15 heteroatoms. The van der Waals surface area contributed by atoms with Gasteiger partial charge >= 0.3 is 29.9 Å². The van der Waals surface area contributed by atoms with E-state index in [-0.39, 0.29) is 67.4 Å². The molecular weight excluding hydrogens is 682 g/mol. The van der Waals surface area contributed by atoms with Crippen LogP contribution in [0.15, 0.2) is 18.2 Å². The van der Waals surface area contributed by atoms with Gasteiger partial charge in [0.15, 0.2) is 0 Å². The summed E-state index contributed by atoms with van der Waals surface area (Å²) in [6.45, 7) is 2.65. The average Bonchev–Trinajstić information content (AvgIpc) is 3.29. The van der Waals surface area contributed by atoms with Gasteiger partial charge in [0.2, 0.25) is 0 Å². The number of aromatic hydroxyl groups is 1. The van der Waals surface area contributed by atoms with Gasteiger partial charge in [-0.15, -0.1) is 0 Å². The quantitative estimate of drug-likeness (QED) is 0.145. The van der Waals surface area contributed by atoms with Crippen molar-refractivity contribution < 1.29 is 62.6 Å². The Labute approximate surface area is 277 Å². The van der Waals surface area contributed by atoms with E-state index in [9.17, 15) is 58.2 Å². The summed E-state index contributed by atoms with van der Waals surface area (Å²) in [5.74, 6) is -26.7. The number of hydrogen-bond acceptors (Lipinski definition) is 3. The topological polar surface area (TPSA) is 40.5 Å². The van der Waals surface area contributed by atoms with Gasteiger partial charge in [-0.3, -0.25) is 4.79 Å². The summed E-state index contributed by atoms with van der Waals surface area (Å²) in [6, 6.07) is 5.35. The van der Waals surface area contributed by atoms with E-state index in [1.807, 2.05) is 13.0 Å². The Morgan fingerprint density at radius 2 is 1.55 bits per heavy atom. The number of ketones is 1. The molecule has 2 fully saturated rings. The normalized spacial score (nSPS) is 27.2. The summed E-state index contributed by atoms with van der Waals surface area (Å²) >= 11 is 0. The highest BCUT2D eigenvalue weighted by Crippen LogP contribution is 2.62. The van der Waals surface area contributed by atoms with E-state index in [4.69, 9.17) is 0 Å². The number of unbranched alkanes of at least 4 members (excludes halogenated alkanes) is 2. The smallest absolute Gasteiger partial charge is 0.460 e. The number of alkyl halides is 12. The number of nitrogens with zero attached hydrogens (tertiary/aromatic N) is 1. The highest BCUT2D eigenvalue weighted by atomic mass is 19.4. The molecule has 2 saturated carbocycles. The number of phenols is 1. The maximum Gasteiger partial charge on any atom is 0.460 e. The number of rotatable bonds is 15. The fourth-order valence-corrected chi connectivity index (χ4v) is 8.59. The molecule has 1 aromatic rings. The molecule has 0 spiro atoms. The van der Waals surface area contributed by atoms with Gasteiger partial charge in [-0.05, 0) is 125 Å². The molecule has 4 rings (SSSR count). The van der Waals surface area contributed by atoms with Gasteiger partial charge in [0.05, 0.1) is 0 Å². The third-order valence-electron chi connectivity index (χ3n) is 11.3. The fraction of sp³-hybridized carbons (Fsp3) is 0.794. The first-order chi connectivity index (χ1) is 22.5. The zero-order valence-corrected chi connectivity index (χ0v) is 27.4. The van der Waals surface area contributed by atoms with Crippen molar-refractivity contribution in [2.45, 2.75) is 126 Å². The minimum atomic E-state index is -7.38. The summed E-state index contributed by atoms with van der Waals surface area (Å²) in [4.78, 5) is 14.6. The Kier molecular flexibility index (Phi) is 11.4. The predicted molar refractivity (Wildman–Crippen MR) is 157 cm³/mol. The van der Waals surface area contributed by atoms with Crippen molar-refractivity contribution in [3.8, 4) is 5.75 Å². The van der Waals surface area contributed by atoms with Crippen molar-refractivity contribution in [2.75, 3.05) is 20.1 Å². The molecule has 1 N–H and O–H groups in total. The Hall–Kier alpha value is -2.19. The highest BCUT2D eigenvalue weighted by Gasteiger charge is 2.86. The van der Waals surface area contributed by atoms with Gasteiger partial charge in [0.25, 0.3) is 0 Å². The Morgan fingerprint density at radius 1 is 0.898 bits per heavy atom. The van der Waals surface area contributed by atoms with Crippen LogP contribution < -0.4 is 0 Å². The molecule has 0 radical (unpaired) electrons. The Bertz CT molecular complexity index is 1320. The number of carbonyl (C=O) groups is 1. The first-order valence-electron chi connectivity index (χ1n) is 16.7. The number of phenolic OH excluding ortho intramolecular Hbond substituents is 1. The van der Waals surface area contributed by atoms with Gasteiger partial charge in [-0.2, -0.15) is 48.3 Å². The number of carbonyl (C=O) groups excluding carboxylic acids is 1. The second-order valence-electron chi connectivity index (χ2n) is 14.6. The standard InChI is InChI=1S/C34H43F12NO2/c1-29-14-12-25-24-9-8-23(48)19-20(24)17-21(28(25)26(29)10-11-27(29)49)18-22(35)7-6-16-47(2)15-5-3-4-13-30(36,37)31(38,39)32(40,41)33(42,43)34(44,45)46/h8-9,19,21-22,25-26,28,48H,3-7,10-18H2,1-2H3/t21-,22?,25+,26-,28+,29-/m0/s1. The van der Waals surface area contributed by atoms with Crippen LogP contribution in [0.25, 0.3) is 0 Å². The molecule has 3 aliphatic carbocycles. The molecule has 0 saturated heterocycles. The van der Waals surface area contributed by atoms with Crippen LogP contribution in [0.3, 0.4) is 0 Å². The molecule has 3 nitrogen and oxygen atoms in total. The minimum Gasteiger partial charge on any atom is -0.508 e. The zero-order valence-electron chi connectivity index (χ0n) is 27.4. The second kappa shape index (κ2) is 14.1. The molecule has 1 unspecified atom stereocenters. The molecule has 0 aromatic heterocycles. The van der Waals surface area contributed by atoms with E-state index in [0.717, 1.165) is 30.4 Å². The number of fused-ring (bicyclic) bond motifs is 5. The summed E-state index contributed by atoms with van der Waals surface area (Å²) in [7, 11) is 1.64. The third-order valence-corrected chi connectivity index (χ3v) is 11.3. The molecule has 1 aromatic carbocycles. The van der Waals surface area contributed by atoms with E-state index in [1.165, 1.54) is 0 Å². The summed E-state index contributed by atoms with van der Waals surface area (Å²) in [5, 5.41) is 10.1. The number of benzene rings is 1.